The van der Waals surface area contributed by atoms with Crippen molar-refractivity contribution in [2.24, 2.45) is 0 Å². The summed E-state index contributed by atoms with van der Waals surface area (Å²) in [4.78, 5) is 3.83. The molecular weight excluding hydrogens is 277 g/mol. The van der Waals surface area contributed by atoms with Crippen LogP contribution in [0.25, 0.3) is 11.1 Å². The lowest BCUT2D eigenvalue weighted by Crippen LogP contribution is -2.15. The van der Waals surface area contributed by atoms with Gasteiger partial charge in [-0.15, -0.1) is 0 Å². The highest BCUT2D eigenvalue weighted by Gasteiger charge is 2.33. The third-order valence-electron chi connectivity index (χ3n) is 3.48. The normalized spacial score (nSPS) is 13.2. The summed E-state index contributed by atoms with van der Waals surface area (Å²) in [5.41, 5.74) is 0.945. The maximum absolute atomic E-state index is 13.1. The number of pyridine rings is 1. The summed E-state index contributed by atoms with van der Waals surface area (Å²) in [6, 6.07) is 8.29. The van der Waals surface area contributed by atoms with Gasteiger partial charge in [0.2, 0.25) is 0 Å². The average molecular weight is 294 g/mol. The van der Waals surface area contributed by atoms with Crippen molar-refractivity contribution < 1.29 is 13.2 Å². The quantitative estimate of drug-likeness (QED) is 0.902. The van der Waals surface area contributed by atoms with E-state index in [9.17, 15) is 13.2 Å². The molecule has 21 heavy (non-hydrogen) atoms. The van der Waals surface area contributed by atoms with Gasteiger partial charge in [-0.2, -0.15) is 13.2 Å². The molecule has 0 aliphatic rings. The molecule has 1 N–H and O–H groups in total. The Bertz CT molecular complexity index is 604. The van der Waals surface area contributed by atoms with Gasteiger partial charge in [0.15, 0.2) is 0 Å². The molecule has 0 radical (unpaired) electrons. The van der Waals surface area contributed by atoms with Crippen LogP contribution in [0.1, 0.15) is 30.5 Å². The predicted octanol–water partition coefficient (Wildman–Crippen LogP) is 4.44. The van der Waals surface area contributed by atoms with E-state index in [2.05, 4.69) is 10.3 Å². The van der Waals surface area contributed by atoms with E-state index in [0.717, 1.165) is 18.1 Å². The molecule has 5 heteroatoms. The number of nitrogens with one attached hydrogen (secondary N) is 1. The van der Waals surface area contributed by atoms with Gasteiger partial charge in [0.05, 0.1) is 5.56 Å². The molecule has 1 heterocycles. The van der Waals surface area contributed by atoms with Crippen molar-refractivity contribution in [3.8, 4) is 11.1 Å². The zero-order valence-corrected chi connectivity index (χ0v) is 11.9. The van der Waals surface area contributed by atoms with Gasteiger partial charge in [-0.25, -0.2) is 0 Å². The van der Waals surface area contributed by atoms with Crippen LogP contribution in [0.2, 0.25) is 0 Å². The third kappa shape index (κ3) is 3.42. The van der Waals surface area contributed by atoms with E-state index in [1.54, 1.807) is 18.2 Å². The molecule has 0 spiro atoms. The Kier molecular flexibility index (Phi) is 4.63. The van der Waals surface area contributed by atoms with Crippen molar-refractivity contribution in [1.29, 1.82) is 0 Å². The van der Waals surface area contributed by atoms with Crippen LogP contribution in [0.4, 0.5) is 13.2 Å². The maximum atomic E-state index is 13.1. The molecule has 1 atom stereocenters. The molecule has 2 nitrogen and oxygen atoms in total. The van der Waals surface area contributed by atoms with Gasteiger partial charge in [-0.3, -0.25) is 4.98 Å². The zero-order valence-electron chi connectivity index (χ0n) is 11.9. The van der Waals surface area contributed by atoms with Crippen LogP contribution in [0.3, 0.4) is 0 Å². The van der Waals surface area contributed by atoms with Crippen LogP contribution < -0.4 is 5.32 Å². The van der Waals surface area contributed by atoms with Crippen molar-refractivity contribution in [3.63, 3.8) is 0 Å². The van der Waals surface area contributed by atoms with E-state index in [1.165, 1.54) is 12.4 Å². The van der Waals surface area contributed by atoms with Crippen molar-refractivity contribution in [1.82, 2.24) is 10.3 Å². The second-order valence-electron chi connectivity index (χ2n) is 4.79. The van der Waals surface area contributed by atoms with Gasteiger partial charge >= 0.3 is 6.18 Å². The Morgan fingerprint density at radius 2 is 2.00 bits per heavy atom. The van der Waals surface area contributed by atoms with Gasteiger partial charge in [0.1, 0.15) is 0 Å². The molecule has 0 bridgehead atoms. The van der Waals surface area contributed by atoms with Crippen LogP contribution >= 0.6 is 0 Å². The summed E-state index contributed by atoms with van der Waals surface area (Å²) >= 11 is 0. The van der Waals surface area contributed by atoms with Crippen molar-refractivity contribution in [3.05, 3.63) is 53.9 Å². The van der Waals surface area contributed by atoms with E-state index in [0.29, 0.717) is 5.56 Å². The summed E-state index contributed by atoms with van der Waals surface area (Å²) in [7, 11) is 1.84. The lowest BCUT2D eigenvalue weighted by molar-refractivity contribution is -0.137. The highest BCUT2D eigenvalue weighted by atomic mass is 19.4. The van der Waals surface area contributed by atoms with Crippen LogP contribution in [0.15, 0.2) is 42.7 Å². The number of hydrogen-bond donors (Lipinski definition) is 1. The third-order valence-corrected chi connectivity index (χ3v) is 3.48. The summed E-state index contributed by atoms with van der Waals surface area (Å²) in [5.74, 6) is 0. The van der Waals surface area contributed by atoms with Gasteiger partial charge in [0.25, 0.3) is 0 Å². The number of nitrogens with zero attached hydrogens (tertiary/aromatic N) is 1. The molecule has 0 saturated carbocycles. The van der Waals surface area contributed by atoms with Crippen LogP contribution in [-0.2, 0) is 6.18 Å². The number of hydrogen-bond acceptors (Lipinski definition) is 2. The fraction of sp³-hybridized carbons (Fsp3) is 0.312. The Hall–Kier alpha value is -1.88. The Morgan fingerprint density at radius 3 is 2.62 bits per heavy atom. The number of benzene rings is 1. The summed E-state index contributed by atoms with van der Waals surface area (Å²) in [6.07, 6.45) is -1.10. The number of aromatic nitrogens is 1. The zero-order chi connectivity index (χ0) is 15.5. The van der Waals surface area contributed by atoms with Crippen molar-refractivity contribution in [2.45, 2.75) is 25.6 Å². The standard InChI is InChI=1S/C16H17F3N2/c1-3-15(20-2)12-6-4-5-11(9-12)13-10-21-8-7-14(13)16(17,18)19/h4-10,15,20H,3H2,1-2H3. The number of alkyl halides is 3. The fourth-order valence-electron chi connectivity index (χ4n) is 2.40. The number of rotatable bonds is 4. The molecule has 1 aromatic carbocycles. The first-order valence-electron chi connectivity index (χ1n) is 6.76. The first-order chi connectivity index (χ1) is 9.97. The van der Waals surface area contributed by atoms with Crippen molar-refractivity contribution >= 4 is 0 Å². The van der Waals surface area contributed by atoms with Gasteiger partial charge < -0.3 is 5.32 Å². The summed E-state index contributed by atoms with van der Waals surface area (Å²) in [6.45, 7) is 2.03. The smallest absolute Gasteiger partial charge is 0.313 e. The molecule has 1 aromatic heterocycles. The van der Waals surface area contributed by atoms with Gasteiger partial charge in [-0.05, 0) is 36.7 Å². The topological polar surface area (TPSA) is 24.9 Å². The minimum absolute atomic E-state index is 0.109. The van der Waals surface area contributed by atoms with E-state index < -0.39 is 11.7 Å². The van der Waals surface area contributed by atoms with Crippen molar-refractivity contribution in [2.75, 3.05) is 7.05 Å². The number of halogens is 3. The van der Waals surface area contributed by atoms with E-state index in [-0.39, 0.29) is 11.6 Å². The summed E-state index contributed by atoms with van der Waals surface area (Å²) < 4.78 is 39.3. The highest BCUT2D eigenvalue weighted by molar-refractivity contribution is 5.67. The SMILES string of the molecule is CCC(NC)c1cccc(-c2cnccc2C(F)(F)F)c1. The fourth-order valence-corrected chi connectivity index (χ4v) is 2.40. The predicted molar refractivity (Wildman–Crippen MR) is 76.8 cm³/mol. The Labute approximate surface area is 122 Å². The minimum atomic E-state index is -4.39. The molecule has 0 amide bonds. The van der Waals surface area contributed by atoms with Gasteiger partial charge in [-0.1, -0.05) is 25.1 Å². The molecule has 0 saturated heterocycles. The molecule has 0 fully saturated rings. The second kappa shape index (κ2) is 6.26. The maximum Gasteiger partial charge on any atom is 0.417 e. The largest absolute Gasteiger partial charge is 0.417 e. The first kappa shape index (κ1) is 15.5. The average Bonchev–Trinajstić information content (AvgIpc) is 2.48. The molecule has 1 unspecified atom stereocenters. The minimum Gasteiger partial charge on any atom is -0.313 e. The van der Waals surface area contributed by atoms with Gasteiger partial charge in [0, 0.05) is 24.0 Å². The highest BCUT2D eigenvalue weighted by Crippen LogP contribution is 2.37. The molecule has 0 aliphatic heterocycles. The van der Waals surface area contributed by atoms with Crippen LogP contribution in [0.5, 0.6) is 0 Å². The monoisotopic (exact) mass is 294 g/mol. The molecular formula is C16H17F3N2. The molecule has 112 valence electrons. The summed E-state index contributed by atoms with van der Waals surface area (Å²) in [5, 5.41) is 3.15. The lowest BCUT2D eigenvalue weighted by atomic mass is 9.96. The lowest BCUT2D eigenvalue weighted by Gasteiger charge is -2.17. The van der Waals surface area contributed by atoms with Crippen LogP contribution in [0, 0.1) is 0 Å². The van der Waals surface area contributed by atoms with Crippen LogP contribution in [-0.4, -0.2) is 12.0 Å². The molecule has 2 rings (SSSR count). The second-order valence-corrected chi connectivity index (χ2v) is 4.79. The first-order valence-corrected chi connectivity index (χ1v) is 6.76. The van der Waals surface area contributed by atoms with E-state index in [4.69, 9.17) is 0 Å². The Balaban J connectivity index is 2.51. The van der Waals surface area contributed by atoms with E-state index >= 15 is 0 Å². The van der Waals surface area contributed by atoms with E-state index in [1.807, 2.05) is 20.0 Å². The molecule has 0 aliphatic carbocycles. The molecule has 2 aromatic rings. The Morgan fingerprint density at radius 1 is 1.24 bits per heavy atom.